The second-order valence-electron chi connectivity index (χ2n) is 4.40. The van der Waals surface area contributed by atoms with E-state index in [9.17, 15) is 5.26 Å². The van der Waals surface area contributed by atoms with E-state index in [-0.39, 0.29) is 10.3 Å². The molecule has 1 aromatic carbocycles. The molecule has 3 rings (SSSR count). The predicted octanol–water partition coefficient (Wildman–Crippen LogP) is 3.99. The summed E-state index contributed by atoms with van der Waals surface area (Å²) in [7, 11) is 0. The first-order valence-electron chi connectivity index (χ1n) is 6.13. The fourth-order valence-corrected chi connectivity index (χ4v) is 2.46. The number of aromatic nitrogens is 3. The smallest absolute Gasteiger partial charge is 0.156 e. The zero-order valence-corrected chi connectivity index (χ0v) is 12.2. The SMILES string of the molecule is N#CC(c1ccc2ccccc2n1)c1cc(Cl)nnc1Cl. The number of rotatable bonds is 2. The van der Waals surface area contributed by atoms with Gasteiger partial charge in [-0.1, -0.05) is 47.5 Å². The minimum atomic E-state index is -0.643. The maximum absolute atomic E-state index is 9.48. The minimum Gasteiger partial charge on any atom is -0.251 e. The molecular weight excluding hydrogens is 307 g/mol. The summed E-state index contributed by atoms with van der Waals surface area (Å²) in [6, 6.07) is 15.2. The molecule has 1 atom stereocenters. The van der Waals surface area contributed by atoms with Crippen molar-refractivity contribution >= 4 is 34.1 Å². The summed E-state index contributed by atoms with van der Waals surface area (Å²) < 4.78 is 0. The van der Waals surface area contributed by atoms with Crippen LogP contribution < -0.4 is 0 Å². The number of nitrogens with zero attached hydrogens (tertiary/aromatic N) is 4. The Balaban J connectivity index is 2.14. The Morgan fingerprint density at radius 1 is 1.05 bits per heavy atom. The van der Waals surface area contributed by atoms with E-state index < -0.39 is 5.92 Å². The van der Waals surface area contributed by atoms with Crippen molar-refractivity contribution in [3.05, 3.63) is 64.0 Å². The maximum Gasteiger partial charge on any atom is 0.156 e. The third kappa shape index (κ3) is 2.66. The van der Waals surface area contributed by atoms with Crippen LogP contribution in [0.15, 0.2) is 42.5 Å². The van der Waals surface area contributed by atoms with E-state index in [1.807, 2.05) is 30.3 Å². The van der Waals surface area contributed by atoms with Gasteiger partial charge >= 0.3 is 0 Å². The van der Waals surface area contributed by atoms with Crippen molar-refractivity contribution in [2.75, 3.05) is 0 Å². The second-order valence-corrected chi connectivity index (χ2v) is 5.15. The van der Waals surface area contributed by atoms with Crippen LogP contribution in [0.2, 0.25) is 10.3 Å². The molecule has 0 saturated carbocycles. The lowest BCUT2D eigenvalue weighted by molar-refractivity contribution is 0.929. The molecule has 0 aliphatic rings. The molecule has 0 bridgehead atoms. The summed E-state index contributed by atoms with van der Waals surface area (Å²) >= 11 is 11.9. The minimum absolute atomic E-state index is 0.154. The maximum atomic E-state index is 9.48. The molecule has 0 radical (unpaired) electrons. The van der Waals surface area contributed by atoms with E-state index in [1.165, 1.54) is 0 Å². The lowest BCUT2D eigenvalue weighted by atomic mass is 9.98. The molecule has 0 spiro atoms. The zero-order chi connectivity index (χ0) is 14.8. The van der Waals surface area contributed by atoms with E-state index >= 15 is 0 Å². The molecule has 4 nitrogen and oxygen atoms in total. The highest BCUT2D eigenvalue weighted by atomic mass is 35.5. The lowest BCUT2D eigenvalue weighted by Crippen LogP contribution is -2.04. The first kappa shape index (κ1) is 13.7. The van der Waals surface area contributed by atoms with Gasteiger partial charge in [0, 0.05) is 10.9 Å². The van der Waals surface area contributed by atoms with Crippen molar-refractivity contribution in [1.29, 1.82) is 5.26 Å². The van der Waals surface area contributed by atoms with Crippen molar-refractivity contribution in [2.24, 2.45) is 0 Å². The molecule has 2 heterocycles. The van der Waals surface area contributed by atoms with Gasteiger partial charge in [0.1, 0.15) is 5.92 Å². The summed E-state index contributed by atoms with van der Waals surface area (Å²) in [6.07, 6.45) is 0. The first-order valence-corrected chi connectivity index (χ1v) is 6.88. The van der Waals surface area contributed by atoms with Crippen molar-refractivity contribution in [1.82, 2.24) is 15.2 Å². The topological polar surface area (TPSA) is 62.5 Å². The van der Waals surface area contributed by atoms with Gasteiger partial charge in [0.05, 0.1) is 17.3 Å². The molecule has 0 fully saturated rings. The molecule has 0 aliphatic heterocycles. The number of hydrogen-bond acceptors (Lipinski definition) is 4. The van der Waals surface area contributed by atoms with E-state index in [1.54, 1.807) is 12.1 Å². The number of halogens is 2. The number of para-hydroxylation sites is 1. The Kier molecular flexibility index (Phi) is 3.70. The second kappa shape index (κ2) is 5.65. The monoisotopic (exact) mass is 314 g/mol. The average Bonchev–Trinajstić information content (AvgIpc) is 2.51. The largest absolute Gasteiger partial charge is 0.251 e. The van der Waals surface area contributed by atoms with Crippen LogP contribution >= 0.6 is 23.2 Å². The fourth-order valence-electron chi connectivity index (χ4n) is 2.11. The van der Waals surface area contributed by atoms with Crippen molar-refractivity contribution in [3.8, 4) is 6.07 Å². The molecule has 102 valence electrons. The van der Waals surface area contributed by atoms with Gasteiger partial charge in [0.25, 0.3) is 0 Å². The van der Waals surface area contributed by atoms with E-state index in [0.29, 0.717) is 11.3 Å². The number of hydrogen-bond donors (Lipinski definition) is 0. The van der Waals surface area contributed by atoms with Crippen LogP contribution in [0.1, 0.15) is 17.2 Å². The molecule has 2 aromatic heterocycles. The van der Waals surface area contributed by atoms with Gasteiger partial charge < -0.3 is 0 Å². The highest BCUT2D eigenvalue weighted by Crippen LogP contribution is 2.29. The standard InChI is InChI=1S/C15H8Cl2N4/c16-14-7-10(15(17)21-20-14)11(8-18)13-6-5-9-3-1-2-4-12(9)19-13/h1-7,11H. The number of pyridine rings is 1. The van der Waals surface area contributed by atoms with Crippen LogP contribution in [-0.2, 0) is 0 Å². The quantitative estimate of drug-likeness (QED) is 0.717. The summed E-state index contributed by atoms with van der Waals surface area (Å²) in [4.78, 5) is 4.52. The third-order valence-electron chi connectivity index (χ3n) is 3.10. The zero-order valence-electron chi connectivity index (χ0n) is 10.7. The van der Waals surface area contributed by atoms with Gasteiger partial charge in [-0.2, -0.15) is 5.26 Å². The van der Waals surface area contributed by atoms with Crippen LogP contribution in [0.3, 0.4) is 0 Å². The van der Waals surface area contributed by atoms with E-state index in [0.717, 1.165) is 10.9 Å². The highest BCUT2D eigenvalue weighted by Gasteiger charge is 2.20. The van der Waals surface area contributed by atoms with Gasteiger partial charge in [0.2, 0.25) is 0 Å². The molecule has 3 aromatic rings. The van der Waals surface area contributed by atoms with Gasteiger partial charge in [0.15, 0.2) is 10.3 Å². The normalized spacial score (nSPS) is 12.0. The Morgan fingerprint density at radius 3 is 2.67 bits per heavy atom. The summed E-state index contributed by atoms with van der Waals surface area (Å²) in [5.41, 5.74) is 1.92. The van der Waals surface area contributed by atoms with Crippen LogP contribution in [0.4, 0.5) is 0 Å². The number of benzene rings is 1. The van der Waals surface area contributed by atoms with Gasteiger partial charge in [-0.05, 0) is 18.2 Å². The molecule has 21 heavy (non-hydrogen) atoms. The Labute approximate surface area is 131 Å². The number of fused-ring (bicyclic) bond motifs is 1. The average molecular weight is 315 g/mol. The Morgan fingerprint density at radius 2 is 1.86 bits per heavy atom. The van der Waals surface area contributed by atoms with Crippen molar-refractivity contribution < 1.29 is 0 Å². The Hall–Kier alpha value is -2.22. The molecule has 6 heteroatoms. The van der Waals surface area contributed by atoms with Crippen LogP contribution in [-0.4, -0.2) is 15.2 Å². The van der Waals surface area contributed by atoms with Crippen LogP contribution in [0.5, 0.6) is 0 Å². The molecule has 0 aliphatic carbocycles. The molecular formula is C15H8Cl2N4. The highest BCUT2D eigenvalue weighted by molar-refractivity contribution is 6.31. The fraction of sp³-hybridized carbons (Fsp3) is 0.0667. The van der Waals surface area contributed by atoms with E-state index in [2.05, 4.69) is 21.3 Å². The predicted molar refractivity (Wildman–Crippen MR) is 81.3 cm³/mol. The van der Waals surface area contributed by atoms with Crippen molar-refractivity contribution in [2.45, 2.75) is 5.92 Å². The summed E-state index contributed by atoms with van der Waals surface area (Å²) in [5, 5.41) is 18.2. The van der Waals surface area contributed by atoms with Crippen molar-refractivity contribution in [3.63, 3.8) is 0 Å². The lowest BCUT2D eigenvalue weighted by Gasteiger charge is -2.11. The van der Waals surface area contributed by atoms with Crippen LogP contribution in [0.25, 0.3) is 10.9 Å². The first-order chi connectivity index (χ1) is 10.2. The Bertz CT molecular complexity index is 858. The van der Waals surface area contributed by atoms with E-state index in [4.69, 9.17) is 23.2 Å². The third-order valence-corrected chi connectivity index (χ3v) is 3.58. The molecule has 1 unspecified atom stereocenters. The number of nitriles is 1. The van der Waals surface area contributed by atoms with Gasteiger partial charge in [-0.3, -0.25) is 4.98 Å². The van der Waals surface area contributed by atoms with Gasteiger partial charge in [-0.25, -0.2) is 0 Å². The summed E-state index contributed by atoms with van der Waals surface area (Å²) in [5.74, 6) is -0.643. The summed E-state index contributed by atoms with van der Waals surface area (Å²) in [6.45, 7) is 0. The van der Waals surface area contributed by atoms with Gasteiger partial charge in [-0.15, -0.1) is 10.2 Å². The van der Waals surface area contributed by atoms with Crippen LogP contribution in [0, 0.1) is 11.3 Å². The molecule has 0 N–H and O–H groups in total. The molecule has 0 amide bonds. The molecule has 0 saturated heterocycles.